The van der Waals surface area contributed by atoms with E-state index in [-0.39, 0.29) is 0 Å². The van der Waals surface area contributed by atoms with Crippen LogP contribution in [0.15, 0.2) is 49.0 Å². The SMILES string of the molecule is CCCCCCCCCC=CC=COC=CC=CCCCCCCCCC. The molecule has 0 aliphatic carbocycles. The summed E-state index contributed by atoms with van der Waals surface area (Å²) in [5, 5.41) is 0. The minimum absolute atomic E-state index is 1.18. The van der Waals surface area contributed by atoms with Crippen LogP contribution in [0.1, 0.15) is 117 Å². The molecule has 156 valence electrons. The van der Waals surface area contributed by atoms with E-state index in [2.05, 4.69) is 38.2 Å². The van der Waals surface area contributed by atoms with Crippen LogP contribution in [0.2, 0.25) is 0 Å². The molecule has 1 heteroatoms. The number of ether oxygens (including phenoxy) is 1. The molecule has 0 amide bonds. The fourth-order valence-electron chi connectivity index (χ4n) is 3.01. The van der Waals surface area contributed by atoms with Gasteiger partial charge in [0.2, 0.25) is 0 Å². The Labute approximate surface area is 170 Å². The Balaban J connectivity index is 3.34. The molecule has 0 saturated carbocycles. The van der Waals surface area contributed by atoms with Crippen LogP contribution in [0, 0.1) is 0 Å². The van der Waals surface area contributed by atoms with Crippen molar-refractivity contribution in [3.63, 3.8) is 0 Å². The maximum atomic E-state index is 5.34. The number of hydrogen-bond acceptors (Lipinski definition) is 1. The molecule has 0 aliphatic heterocycles. The zero-order chi connectivity index (χ0) is 19.7. The van der Waals surface area contributed by atoms with E-state index in [0.29, 0.717) is 0 Å². The second kappa shape index (κ2) is 24.8. The maximum absolute atomic E-state index is 5.34. The Hall–Kier alpha value is -1.24. The lowest BCUT2D eigenvalue weighted by Crippen LogP contribution is -1.78. The lowest BCUT2D eigenvalue weighted by Gasteiger charge is -1.98. The van der Waals surface area contributed by atoms with Gasteiger partial charge in [-0.05, 0) is 37.8 Å². The Morgan fingerprint density at radius 2 is 0.815 bits per heavy atom. The topological polar surface area (TPSA) is 9.23 Å². The van der Waals surface area contributed by atoms with Gasteiger partial charge in [-0.25, -0.2) is 0 Å². The number of rotatable bonds is 20. The van der Waals surface area contributed by atoms with Crippen molar-refractivity contribution >= 4 is 0 Å². The molecule has 0 aromatic rings. The Kier molecular flexibility index (Phi) is 23.6. The van der Waals surface area contributed by atoms with Crippen LogP contribution in [0.5, 0.6) is 0 Å². The highest BCUT2D eigenvalue weighted by atomic mass is 16.5. The average molecular weight is 375 g/mol. The Morgan fingerprint density at radius 1 is 0.444 bits per heavy atom. The smallest absolute Gasteiger partial charge is 0.0901 e. The highest BCUT2D eigenvalue weighted by Gasteiger charge is 1.89. The summed E-state index contributed by atoms with van der Waals surface area (Å²) in [4.78, 5) is 0. The Bertz CT molecular complexity index is 340. The largest absolute Gasteiger partial charge is 0.473 e. The molecule has 0 radical (unpaired) electrons. The molecule has 0 N–H and O–H groups in total. The van der Waals surface area contributed by atoms with Gasteiger partial charge in [-0.1, -0.05) is 115 Å². The lowest BCUT2D eigenvalue weighted by molar-refractivity contribution is 0.403. The van der Waals surface area contributed by atoms with Crippen molar-refractivity contribution in [3.8, 4) is 0 Å². The van der Waals surface area contributed by atoms with Crippen molar-refractivity contribution in [1.82, 2.24) is 0 Å². The van der Waals surface area contributed by atoms with Gasteiger partial charge in [0.25, 0.3) is 0 Å². The maximum Gasteiger partial charge on any atom is 0.0901 e. The standard InChI is InChI=1S/C26H46O/c1-3-5-7-9-11-13-15-17-19-21-23-25-27-26-24-22-20-18-16-14-12-10-8-6-4-2/h19-26H,3-18H2,1-2H3. The summed E-state index contributed by atoms with van der Waals surface area (Å²) in [5.74, 6) is 0. The molecule has 0 fully saturated rings. The van der Waals surface area contributed by atoms with E-state index in [4.69, 9.17) is 4.74 Å². The lowest BCUT2D eigenvalue weighted by atomic mass is 10.1. The third-order valence-electron chi connectivity index (χ3n) is 4.76. The van der Waals surface area contributed by atoms with Crippen LogP contribution < -0.4 is 0 Å². The quantitative estimate of drug-likeness (QED) is 0.117. The zero-order valence-corrected chi connectivity index (χ0v) is 18.3. The van der Waals surface area contributed by atoms with Crippen molar-refractivity contribution in [3.05, 3.63) is 49.0 Å². The fourth-order valence-corrected chi connectivity index (χ4v) is 3.01. The molecule has 0 atom stereocenters. The van der Waals surface area contributed by atoms with Gasteiger partial charge in [0.15, 0.2) is 0 Å². The first-order valence-corrected chi connectivity index (χ1v) is 11.7. The summed E-state index contributed by atoms with van der Waals surface area (Å²) >= 11 is 0. The monoisotopic (exact) mass is 374 g/mol. The van der Waals surface area contributed by atoms with Crippen molar-refractivity contribution in [2.75, 3.05) is 0 Å². The normalized spacial score (nSPS) is 12.4. The van der Waals surface area contributed by atoms with Crippen LogP contribution in [-0.2, 0) is 4.74 Å². The molecule has 0 saturated heterocycles. The van der Waals surface area contributed by atoms with Gasteiger partial charge in [-0.15, -0.1) is 0 Å². The molecule has 27 heavy (non-hydrogen) atoms. The van der Waals surface area contributed by atoms with Gasteiger partial charge in [-0.2, -0.15) is 0 Å². The highest BCUT2D eigenvalue weighted by molar-refractivity contribution is 5.02. The van der Waals surface area contributed by atoms with Crippen molar-refractivity contribution in [2.45, 2.75) is 117 Å². The van der Waals surface area contributed by atoms with Gasteiger partial charge in [0.1, 0.15) is 0 Å². The first-order chi connectivity index (χ1) is 13.4. The summed E-state index contributed by atoms with van der Waals surface area (Å²) in [5.41, 5.74) is 0. The first kappa shape index (κ1) is 25.8. The molecule has 0 aliphatic rings. The van der Waals surface area contributed by atoms with Crippen LogP contribution in [0.4, 0.5) is 0 Å². The van der Waals surface area contributed by atoms with E-state index in [0.717, 1.165) is 0 Å². The molecule has 0 unspecified atom stereocenters. The molecule has 0 spiro atoms. The zero-order valence-electron chi connectivity index (χ0n) is 18.3. The minimum atomic E-state index is 1.18. The van der Waals surface area contributed by atoms with Gasteiger partial charge in [0.05, 0.1) is 12.5 Å². The minimum Gasteiger partial charge on any atom is -0.473 e. The second-order valence-electron chi connectivity index (χ2n) is 7.47. The molecule has 0 bridgehead atoms. The summed E-state index contributed by atoms with van der Waals surface area (Å²) in [7, 11) is 0. The van der Waals surface area contributed by atoms with Gasteiger partial charge in [0, 0.05) is 0 Å². The van der Waals surface area contributed by atoms with E-state index < -0.39 is 0 Å². The highest BCUT2D eigenvalue weighted by Crippen LogP contribution is 2.09. The molecular formula is C26H46O. The van der Waals surface area contributed by atoms with Gasteiger partial charge < -0.3 is 4.74 Å². The van der Waals surface area contributed by atoms with E-state index in [9.17, 15) is 0 Å². The van der Waals surface area contributed by atoms with Crippen molar-refractivity contribution in [2.24, 2.45) is 0 Å². The van der Waals surface area contributed by atoms with Crippen LogP contribution in [0.25, 0.3) is 0 Å². The third kappa shape index (κ3) is 24.8. The van der Waals surface area contributed by atoms with Crippen LogP contribution in [-0.4, -0.2) is 0 Å². The summed E-state index contributed by atoms with van der Waals surface area (Å²) < 4.78 is 5.34. The number of allylic oxidation sites excluding steroid dienone is 6. The molecule has 0 heterocycles. The van der Waals surface area contributed by atoms with Crippen LogP contribution >= 0.6 is 0 Å². The third-order valence-corrected chi connectivity index (χ3v) is 4.76. The predicted octanol–water partition coefficient (Wildman–Crippen LogP) is 9.42. The average Bonchev–Trinajstić information content (AvgIpc) is 2.68. The van der Waals surface area contributed by atoms with Gasteiger partial charge >= 0.3 is 0 Å². The molecule has 1 nitrogen and oxygen atoms in total. The van der Waals surface area contributed by atoms with Gasteiger partial charge in [-0.3, -0.25) is 0 Å². The number of hydrogen-bond donors (Lipinski definition) is 0. The second-order valence-corrected chi connectivity index (χ2v) is 7.47. The predicted molar refractivity (Wildman–Crippen MR) is 123 cm³/mol. The first-order valence-electron chi connectivity index (χ1n) is 11.7. The Morgan fingerprint density at radius 3 is 1.22 bits per heavy atom. The molecular weight excluding hydrogens is 328 g/mol. The van der Waals surface area contributed by atoms with Crippen molar-refractivity contribution in [1.29, 1.82) is 0 Å². The van der Waals surface area contributed by atoms with Crippen molar-refractivity contribution < 1.29 is 4.74 Å². The fraction of sp³-hybridized carbons (Fsp3) is 0.692. The summed E-state index contributed by atoms with van der Waals surface area (Å²) in [6.07, 6.45) is 37.6. The van der Waals surface area contributed by atoms with E-state index in [1.54, 1.807) is 12.5 Å². The van der Waals surface area contributed by atoms with Crippen LogP contribution in [0.3, 0.4) is 0 Å². The van der Waals surface area contributed by atoms with E-state index in [1.807, 2.05) is 12.2 Å². The number of unbranched alkanes of at least 4 members (excludes halogenated alkanes) is 14. The summed E-state index contributed by atoms with van der Waals surface area (Å²) in [6, 6.07) is 0. The molecule has 0 aromatic heterocycles. The van der Waals surface area contributed by atoms with E-state index >= 15 is 0 Å². The summed E-state index contributed by atoms with van der Waals surface area (Å²) in [6.45, 7) is 4.54. The molecule has 0 rings (SSSR count). The molecule has 0 aromatic carbocycles. The van der Waals surface area contributed by atoms with E-state index in [1.165, 1.54) is 103 Å².